The van der Waals surface area contributed by atoms with Crippen molar-refractivity contribution in [2.45, 2.75) is 39.5 Å². The quantitative estimate of drug-likeness (QED) is 0.623. The van der Waals surface area contributed by atoms with Crippen molar-refractivity contribution in [3.8, 4) is 0 Å². The highest BCUT2D eigenvalue weighted by Gasteiger charge is 2.08. The van der Waals surface area contributed by atoms with Crippen molar-refractivity contribution < 1.29 is 0 Å². The fraction of sp³-hybridized carbons (Fsp3) is 0.300. The zero-order valence-corrected chi connectivity index (χ0v) is 12.4. The summed E-state index contributed by atoms with van der Waals surface area (Å²) in [7, 11) is 0. The van der Waals surface area contributed by atoms with Gasteiger partial charge in [-0.1, -0.05) is 54.1 Å². The molecule has 0 aliphatic heterocycles. The summed E-state index contributed by atoms with van der Waals surface area (Å²) in [6, 6.07) is 13.3. The summed E-state index contributed by atoms with van der Waals surface area (Å²) in [6.07, 6.45) is 9.52. The molecule has 0 heterocycles. The standard InChI is InChI=1S/C10H10.C10H12/c1-8-4-2-5-9-6-3-7-10(8)9;1-8-5-6-9-3-2-4-10(9)7-8/h2-5,7H,6H2,1H3;5-7H,2-4H2,1H3. The summed E-state index contributed by atoms with van der Waals surface area (Å²) in [5.41, 5.74) is 8.86. The van der Waals surface area contributed by atoms with E-state index in [1.807, 2.05) is 0 Å². The van der Waals surface area contributed by atoms with E-state index < -0.39 is 0 Å². The molecular formula is C20H22. The maximum absolute atomic E-state index is 2.32. The SMILES string of the molecule is Cc1ccc2c(c1)CCC2.Cc1cccc2c1C=CC2. The zero-order chi connectivity index (χ0) is 13.9. The number of hydrogen-bond acceptors (Lipinski definition) is 0. The van der Waals surface area contributed by atoms with Crippen molar-refractivity contribution in [2.24, 2.45) is 0 Å². The van der Waals surface area contributed by atoms with Gasteiger partial charge >= 0.3 is 0 Å². The van der Waals surface area contributed by atoms with Crippen LogP contribution in [0.5, 0.6) is 0 Å². The van der Waals surface area contributed by atoms with Gasteiger partial charge in [0.15, 0.2) is 0 Å². The van der Waals surface area contributed by atoms with E-state index in [0.29, 0.717) is 0 Å². The smallest absolute Gasteiger partial charge is 0.00881 e. The molecule has 102 valence electrons. The number of aryl methyl sites for hydroxylation is 4. The number of benzene rings is 2. The van der Waals surface area contributed by atoms with Gasteiger partial charge in [-0.05, 0) is 67.3 Å². The Morgan fingerprint density at radius 1 is 0.850 bits per heavy atom. The molecule has 2 aliphatic rings. The lowest BCUT2D eigenvalue weighted by Gasteiger charge is -2.00. The first-order valence-corrected chi connectivity index (χ1v) is 7.57. The lowest BCUT2D eigenvalue weighted by Crippen LogP contribution is -1.83. The lowest BCUT2D eigenvalue weighted by molar-refractivity contribution is 0.911. The third kappa shape index (κ3) is 2.70. The second-order valence-electron chi connectivity index (χ2n) is 5.88. The Kier molecular flexibility index (Phi) is 3.73. The molecule has 0 bridgehead atoms. The highest BCUT2D eigenvalue weighted by atomic mass is 14.1. The number of hydrogen-bond donors (Lipinski definition) is 0. The van der Waals surface area contributed by atoms with Gasteiger partial charge in [-0.15, -0.1) is 0 Å². The molecule has 0 amide bonds. The van der Waals surface area contributed by atoms with E-state index in [2.05, 4.69) is 62.4 Å². The first-order chi connectivity index (χ1) is 9.74. The van der Waals surface area contributed by atoms with Gasteiger partial charge in [0.25, 0.3) is 0 Å². The average molecular weight is 262 g/mol. The summed E-state index contributed by atoms with van der Waals surface area (Å²) in [4.78, 5) is 0. The Hall–Kier alpha value is -1.82. The van der Waals surface area contributed by atoms with Gasteiger partial charge in [0, 0.05) is 0 Å². The first-order valence-electron chi connectivity index (χ1n) is 7.57. The maximum Gasteiger partial charge on any atom is -0.00881 e. The molecule has 2 aromatic rings. The van der Waals surface area contributed by atoms with Crippen LogP contribution in [0.2, 0.25) is 0 Å². The summed E-state index contributed by atoms with van der Waals surface area (Å²) in [5.74, 6) is 0. The number of fused-ring (bicyclic) bond motifs is 2. The van der Waals surface area contributed by atoms with Crippen LogP contribution in [0.15, 0.2) is 42.5 Å². The fourth-order valence-electron chi connectivity index (χ4n) is 3.16. The summed E-state index contributed by atoms with van der Waals surface area (Å²) >= 11 is 0. The molecule has 0 unspecified atom stereocenters. The summed E-state index contributed by atoms with van der Waals surface area (Å²) < 4.78 is 0. The van der Waals surface area contributed by atoms with Crippen LogP contribution in [0.4, 0.5) is 0 Å². The van der Waals surface area contributed by atoms with E-state index in [1.165, 1.54) is 41.5 Å². The van der Waals surface area contributed by atoms with E-state index in [4.69, 9.17) is 0 Å². The predicted octanol–water partition coefficient (Wildman–Crippen LogP) is 5.05. The molecule has 0 atom stereocenters. The minimum atomic E-state index is 1.12. The van der Waals surface area contributed by atoms with Gasteiger partial charge < -0.3 is 0 Å². The van der Waals surface area contributed by atoms with E-state index in [0.717, 1.165) is 6.42 Å². The van der Waals surface area contributed by atoms with Gasteiger partial charge in [0.05, 0.1) is 0 Å². The van der Waals surface area contributed by atoms with E-state index in [9.17, 15) is 0 Å². The van der Waals surface area contributed by atoms with Crippen LogP contribution in [-0.4, -0.2) is 0 Å². The van der Waals surface area contributed by atoms with E-state index >= 15 is 0 Å². The Balaban J connectivity index is 0.000000121. The molecule has 0 heteroatoms. The van der Waals surface area contributed by atoms with Crippen LogP contribution in [0.25, 0.3) is 6.08 Å². The molecule has 20 heavy (non-hydrogen) atoms. The van der Waals surface area contributed by atoms with Crippen molar-refractivity contribution >= 4 is 6.08 Å². The largest absolute Gasteiger partial charge is 0.0795 e. The van der Waals surface area contributed by atoms with Crippen LogP contribution in [-0.2, 0) is 19.3 Å². The molecule has 0 saturated heterocycles. The Bertz CT molecular complexity index is 647. The lowest BCUT2D eigenvalue weighted by atomic mass is 10.1. The van der Waals surface area contributed by atoms with Crippen molar-refractivity contribution in [3.63, 3.8) is 0 Å². The predicted molar refractivity (Wildman–Crippen MR) is 87.1 cm³/mol. The van der Waals surface area contributed by atoms with Crippen molar-refractivity contribution in [2.75, 3.05) is 0 Å². The molecule has 0 N–H and O–H groups in total. The van der Waals surface area contributed by atoms with Crippen LogP contribution in [0.3, 0.4) is 0 Å². The van der Waals surface area contributed by atoms with Gasteiger partial charge in [-0.2, -0.15) is 0 Å². The molecule has 4 rings (SSSR count). The van der Waals surface area contributed by atoms with Crippen molar-refractivity contribution in [3.05, 3.63) is 75.9 Å². The van der Waals surface area contributed by atoms with Crippen LogP contribution in [0.1, 0.15) is 39.8 Å². The first kappa shape index (κ1) is 13.2. The Labute approximate surface area is 122 Å². The second-order valence-corrected chi connectivity index (χ2v) is 5.88. The maximum atomic E-state index is 2.32. The van der Waals surface area contributed by atoms with Gasteiger partial charge in [0.2, 0.25) is 0 Å². The molecule has 0 radical (unpaired) electrons. The molecule has 0 nitrogen and oxygen atoms in total. The minimum Gasteiger partial charge on any atom is -0.0795 e. The molecule has 0 spiro atoms. The highest BCUT2D eigenvalue weighted by molar-refractivity contribution is 5.62. The van der Waals surface area contributed by atoms with Gasteiger partial charge in [-0.3, -0.25) is 0 Å². The van der Waals surface area contributed by atoms with Crippen molar-refractivity contribution in [1.29, 1.82) is 0 Å². The molecule has 2 aliphatic carbocycles. The highest BCUT2D eigenvalue weighted by Crippen LogP contribution is 2.22. The fourth-order valence-corrected chi connectivity index (χ4v) is 3.16. The zero-order valence-electron chi connectivity index (χ0n) is 12.4. The van der Waals surface area contributed by atoms with Crippen LogP contribution >= 0.6 is 0 Å². The summed E-state index contributed by atoms with van der Waals surface area (Å²) in [6.45, 7) is 4.33. The monoisotopic (exact) mass is 262 g/mol. The van der Waals surface area contributed by atoms with Gasteiger partial charge in [-0.25, -0.2) is 0 Å². The molecule has 0 aromatic heterocycles. The summed E-state index contributed by atoms with van der Waals surface area (Å²) in [5, 5.41) is 0. The average Bonchev–Trinajstić information content (AvgIpc) is 3.07. The molecular weight excluding hydrogens is 240 g/mol. The second kappa shape index (κ2) is 5.66. The topological polar surface area (TPSA) is 0 Å². The number of allylic oxidation sites excluding steroid dienone is 1. The molecule has 0 fully saturated rings. The minimum absolute atomic E-state index is 1.12. The molecule has 2 aromatic carbocycles. The molecule has 0 saturated carbocycles. The van der Waals surface area contributed by atoms with E-state index in [-0.39, 0.29) is 0 Å². The third-order valence-corrected chi connectivity index (χ3v) is 4.29. The van der Waals surface area contributed by atoms with Crippen molar-refractivity contribution in [1.82, 2.24) is 0 Å². The van der Waals surface area contributed by atoms with Crippen LogP contribution < -0.4 is 0 Å². The van der Waals surface area contributed by atoms with E-state index in [1.54, 1.807) is 11.1 Å². The van der Waals surface area contributed by atoms with Crippen LogP contribution in [0, 0.1) is 13.8 Å². The Morgan fingerprint density at radius 2 is 1.70 bits per heavy atom. The number of rotatable bonds is 0. The Morgan fingerprint density at radius 3 is 2.55 bits per heavy atom. The third-order valence-electron chi connectivity index (χ3n) is 4.29. The normalized spacial score (nSPS) is 14.5. The van der Waals surface area contributed by atoms with Gasteiger partial charge in [0.1, 0.15) is 0 Å².